The monoisotopic (exact) mass is 328 g/mol. The average Bonchev–Trinajstić information content (AvgIpc) is 2.31. The van der Waals surface area contributed by atoms with E-state index in [9.17, 15) is 5.11 Å². The SMILES string of the molecule is CCCC[C@@]1(O)[C@@H](C)C[C@@H](O[Si](C)(C)C(C)(C)C)CC1(C)C. The number of unbranched alkanes of at least 4 members (excludes halogenated alkanes) is 1. The van der Waals surface area contributed by atoms with Crippen molar-refractivity contribution in [1.82, 2.24) is 0 Å². The summed E-state index contributed by atoms with van der Waals surface area (Å²) in [6.45, 7) is 20.5. The molecule has 0 saturated heterocycles. The topological polar surface area (TPSA) is 29.5 Å². The zero-order valence-electron chi connectivity index (χ0n) is 16.5. The molecule has 132 valence electrons. The van der Waals surface area contributed by atoms with Gasteiger partial charge in [0.2, 0.25) is 0 Å². The normalized spacial score (nSPS) is 33.0. The Bertz CT molecular complexity index is 370. The van der Waals surface area contributed by atoms with Gasteiger partial charge in [0.05, 0.1) is 5.60 Å². The molecule has 0 amide bonds. The molecule has 3 atom stereocenters. The quantitative estimate of drug-likeness (QED) is 0.651. The summed E-state index contributed by atoms with van der Waals surface area (Å²) < 4.78 is 6.67. The van der Waals surface area contributed by atoms with Gasteiger partial charge in [0.15, 0.2) is 8.32 Å². The van der Waals surface area contributed by atoms with Gasteiger partial charge in [-0.05, 0) is 48.7 Å². The summed E-state index contributed by atoms with van der Waals surface area (Å²) in [5.41, 5.74) is -0.622. The summed E-state index contributed by atoms with van der Waals surface area (Å²) >= 11 is 0. The Labute approximate surface area is 140 Å². The van der Waals surface area contributed by atoms with E-state index in [1.807, 2.05) is 0 Å². The molecule has 1 rings (SSSR count). The minimum atomic E-state index is -1.74. The molecule has 0 aliphatic heterocycles. The van der Waals surface area contributed by atoms with Crippen LogP contribution >= 0.6 is 0 Å². The van der Waals surface area contributed by atoms with Gasteiger partial charge in [-0.25, -0.2) is 0 Å². The van der Waals surface area contributed by atoms with Crippen LogP contribution in [0.25, 0.3) is 0 Å². The summed E-state index contributed by atoms with van der Waals surface area (Å²) in [7, 11) is -1.74. The van der Waals surface area contributed by atoms with Crippen molar-refractivity contribution in [2.45, 2.75) is 110 Å². The van der Waals surface area contributed by atoms with Crippen molar-refractivity contribution in [2.75, 3.05) is 0 Å². The minimum absolute atomic E-state index is 0.0765. The Kier molecular flexibility index (Phi) is 6.02. The van der Waals surface area contributed by atoms with Gasteiger partial charge in [0, 0.05) is 6.10 Å². The molecular formula is C19H40O2Si. The van der Waals surface area contributed by atoms with Crippen LogP contribution < -0.4 is 0 Å². The Hall–Kier alpha value is 0.137. The molecule has 0 spiro atoms. The van der Waals surface area contributed by atoms with Gasteiger partial charge in [0.1, 0.15) is 0 Å². The van der Waals surface area contributed by atoms with Gasteiger partial charge in [0.25, 0.3) is 0 Å². The van der Waals surface area contributed by atoms with Crippen LogP contribution in [0.15, 0.2) is 0 Å². The third-order valence-electron chi connectivity index (χ3n) is 6.52. The second-order valence-electron chi connectivity index (χ2n) is 9.75. The summed E-state index contributed by atoms with van der Waals surface area (Å²) in [5, 5.41) is 11.6. The Morgan fingerprint density at radius 1 is 1.23 bits per heavy atom. The van der Waals surface area contributed by atoms with E-state index in [1.54, 1.807) is 0 Å². The van der Waals surface area contributed by atoms with E-state index in [2.05, 4.69) is 61.6 Å². The van der Waals surface area contributed by atoms with Gasteiger partial charge in [-0.15, -0.1) is 0 Å². The zero-order chi connectivity index (χ0) is 17.4. The van der Waals surface area contributed by atoms with Gasteiger partial charge >= 0.3 is 0 Å². The molecule has 0 unspecified atom stereocenters. The van der Waals surface area contributed by atoms with E-state index in [0.29, 0.717) is 12.0 Å². The largest absolute Gasteiger partial charge is 0.414 e. The molecule has 1 saturated carbocycles. The first kappa shape index (κ1) is 20.2. The van der Waals surface area contributed by atoms with Crippen molar-refractivity contribution in [1.29, 1.82) is 0 Å². The summed E-state index contributed by atoms with van der Waals surface area (Å²) in [4.78, 5) is 0. The lowest BCUT2D eigenvalue weighted by Crippen LogP contribution is -2.57. The first-order chi connectivity index (χ1) is 9.77. The van der Waals surface area contributed by atoms with Crippen molar-refractivity contribution in [3.8, 4) is 0 Å². The van der Waals surface area contributed by atoms with E-state index in [0.717, 1.165) is 32.1 Å². The van der Waals surface area contributed by atoms with Gasteiger partial charge in [-0.3, -0.25) is 0 Å². The number of aliphatic hydroxyl groups is 1. The fourth-order valence-corrected chi connectivity index (χ4v) is 5.17. The Morgan fingerprint density at radius 2 is 1.77 bits per heavy atom. The molecule has 0 aromatic heterocycles. The highest BCUT2D eigenvalue weighted by molar-refractivity contribution is 6.74. The number of hydrogen-bond acceptors (Lipinski definition) is 2. The van der Waals surface area contributed by atoms with Gasteiger partial charge in [-0.2, -0.15) is 0 Å². The molecule has 1 fully saturated rings. The lowest BCUT2D eigenvalue weighted by atomic mass is 9.58. The predicted molar refractivity (Wildman–Crippen MR) is 98.7 cm³/mol. The smallest absolute Gasteiger partial charge is 0.192 e. The van der Waals surface area contributed by atoms with Gasteiger partial charge in [-0.1, -0.05) is 61.3 Å². The van der Waals surface area contributed by atoms with Crippen LogP contribution in [0.5, 0.6) is 0 Å². The molecule has 22 heavy (non-hydrogen) atoms. The third kappa shape index (κ3) is 3.96. The fourth-order valence-electron chi connectivity index (χ4n) is 3.80. The molecule has 1 N–H and O–H groups in total. The molecule has 3 heteroatoms. The lowest BCUT2D eigenvalue weighted by Gasteiger charge is -2.54. The number of rotatable bonds is 5. The first-order valence-corrected chi connectivity index (χ1v) is 12.1. The van der Waals surface area contributed by atoms with Crippen LogP contribution in [0.1, 0.15) is 80.6 Å². The lowest BCUT2D eigenvalue weighted by molar-refractivity contribution is -0.162. The fraction of sp³-hybridized carbons (Fsp3) is 1.00. The standard InChI is InChI=1S/C19H40O2Si/c1-10-11-12-19(20)15(2)13-16(14-18(19,6)7)21-22(8,9)17(3,4)5/h15-16,20H,10-14H2,1-9H3/t15-,16+,19+/m0/s1. The van der Waals surface area contributed by atoms with Crippen LogP contribution in [-0.4, -0.2) is 25.1 Å². The second kappa shape index (κ2) is 6.56. The Morgan fingerprint density at radius 3 is 2.18 bits per heavy atom. The second-order valence-corrected chi connectivity index (χ2v) is 14.5. The highest BCUT2D eigenvalue weighted by atomic mass is 28.4. The summed E-state index contributed by atoms with van der Waals surface area (Å²) in [6, 6.07) is 0. The van der Waals surface area contributed by atoms with Crippen molar-refractivity contribution < 1.29 is 9.53 Å². The molecule has 1 aliphatic carbocycles. The van der Waals surface area contributed by atoms with E-state index in [1.165, 1.54) is 0 Å². The van der Waals surface area contributed by atoms with Crippen LogP contribution in [0, 0.1) is 11.3 Å². The molecule has 0 radical (unpaired) electrons. The van der Waals surface area contributed by atoms with Crippen LogP contribution in [0.4, 0.5) is 0 Å². The van der Waals surface area contributed by atoms with E-state index < -0.39 is 13.9 Å². The van der Waals surface area contributed by atoms with Crippen molar-refractivity contribution in [3.63, 3.8) is 0 Å². The maximum Gasteiger partial charge on any atom is 0.192 e. The molecular weight excluding hydrogens is 288 g/mol. The van der Waals surface area contributed by atoms with Crippen LogP contribution in [0.2, 0.25) is 18.1 Å². The number of hydrogen-bond donors (Lipinski definition) is 1. The summed E-state index contributed by atoms with van der Waals surface area (Å²) in [5.74, 6) is 0.303. The molecule has 0 aromatic rings. The first-order valence-electron chi connectivity index (χ1n) is 9.17. The van der Waals surface area contributed by atoms with Crippen molar-refractivity contribution in [2.24, 2.45) is 11.3 Å². The molecule has 2 nitrogen and oxygen atoms in total. The maximum atomic E-state index is 11.3. The average molecular weight is 329 g/mol. The van der Waals surface area contributed by atoms with E-state index in [4.69, 9.17) is 4.43 Å². The Balaban J connectivity index is 2.88. The molecule has 1 aliphatic rings. The van der Waals surface area contributed by atoms with Crippen molar-refractivity contribution >= 4 is 8.32 Å². The van der Waals surface area contributed by atoms with Crippen LogP contribution in [0.3, 0.4) is 0 Å². The zero-order valence-corrected chi connectivity index (χ0v) is 17.5. The van der Waals surface area contributed by atoms with E-state index >= 15 is 0 Å². The third-order valence-corrected chi connectivity index (χ3v) is 11.1. The molecule has 0 heterocycles. The highest BCUT2D eigenvalue weighted by Crippen LogP contribution is 2.51. The van der Waals surface area contributed by atoms with Gasteiger partial charge < -0.3 is 9.53 Å². The molecule has 0 bridgehead atoms. The summed E-state index contributed by atoms with van der Waals surface area (Å²) in [6.07, 6.45) is 5.45. The van der Waals surface area contributed by atoms with Crippen LogP contribution in [-0.2, 0) is 4.43 Å². The molecule has 0 aromatic carbocycles. The highest BCUT2D eigenvalue weighted by Gasteiger charge is 2.53. The maximum absolute atomic E-state index is 11.3. The van der Waals surface area contributed by atoms with Crippen molar-refractivity contribution in [3.05, 3.63) is 0 Å². The minimum Gasteiger partial charge on any atom is -0.414 e. The predicted octanol–water partition coefficient (Wildman–Crippen LogP) is 5.75. The van der Waals surface area contributed by atoms with E-state index in [-0.39, 0.29) is 10.5 Å².